The van der Waals surface area contributed by atoms with Gasteiger partial charge in [0.05, 0.1) is 23.7 Å². The quantitative estimate of drug-likeness (QED) is 0.593. The van der Waals surface area contributed by atoms with E-state index in [0.29, 0.717) is 23.6 Å². The van der Waals surface area contributed by atoms with Gasteiger partial charge in [-0.1, -0.05) is 12.1 Å². The number of nitrogens with zero attached hydrogens (tertiary/aromatic N) is 4. The van der Waals surface area contributed by atoms with Crippen molar-refractivity contribution in [2.24, 2.45) is 0 Å². The van der Waals surface area contributed by atoms with Crippen molar-refractivity contribution in [2.45, 2.75) is 57.3 Å². The molecule has 4 rings (SSSR count). The molecule has 29 heavy (non-hydrogen) atoms. The summed E-state index contributed by atoms with van der Waals surface area (Å²) in [4.78, 5) is 21.9. The van der Waals surface area contributed by atoms with Gasteiger partial charge in [0.2, 0.25) is 5.95 Å². The number of fused-ring (bicyclic) bond motifs is 1. The number of anilines is 1. The molecule has 1 atom stereocenters. The number of aromatic nitrogens is 4. The number of aliphatic hydroxyl groups is 1. The van der Waals surface area contributed by atoms with Crippen LogP contribution in [-0.2, 0) is 6.54 Å². The Balaban J connectivity index is 1.50. The van der Waals surface area contributed by atoms with E-state index in [9.17, 15) is 9.90 Å². The van der Waals surface area contributed by atoms with Crippen molar-refractivity contribution in [1.82, 2.24) is 25.1 Å². The molecule has 8 nitrogen and oxygen atoms in total. The lowest BCUT2D eigenvalue weighted by molar-refractivity contribution is 0.0937. The van der Waals surface area contributed by atoms with Crippen LogP contribution >= 0.6 is 0 Å². The van der Waals surface area contributed by atoms with Crippen LogP contribution in [0.3, 0.4) is 0 Å². The van der Waals surface area contributed by atoms with Gasteiger partial charge in [-0.25, -0.2) is 9.97 Å². The lowest BCUT2D eigenvalue weighted by Crippen LogP contribution is -2.36. The SMILES string of the molecule is CC(Cn1cccn1)NC(=O)c1cccc2cnc(N[C@H]3CC[C@H](O)CC3)nc12. The molecule has 2 heterocycles. The van der Waals surface area contributed by atoms with Crippen LogP contribution in [0.4, 0.5) is 5.95 Å². The van der Waals surface area contributed by atoms with Crippen LogP contribution in [0.5, 0.6) is 0 Å². The van der Waals surface area contributed by atoms with E-state index in [1.807, 2.05) is 31.3 Å². The van der Waals surface area contributed by atoms with Gasteiger partial charge in [-0.15, -0.1) is 0 Å². The Morgan fingerprint density at radius 2 is 2.10 bits per heavy atom. The Morgan fingerprint density at radius 3 is 2.86 bits per heavy atom. The lowest BCUT2D eigenvalue weighted by Gasteiger charge is -2.26. The van der Waals surface area contributed by atoms with Gasteiger partial charge in [0, 0.05) is 36.1 Å². The maximum Gasteiger partial charge on any atom is 0.253 e. The van der Waals surface area contributed by atoms with Crippen molar-refractivity contribution >= 4 is 22.8 Å². The molecule has 8 heteroatoms. The fraction of sp³-hybridized carbons (Fsp3) is 0.429. The topological polar surface area (TPSA) is 105 Å². The van der Waals surface area contributed by atoms with Crippen molar-refractivity contribution in [3.05, 3.63) is 48.4 Å². The highest BCUT2D eigenvalue weighted by atomic mass is 16.3. The van der Waals surface area contributed by atoms with Crippen molar-refractivity contribution in [3.8, 4) is 0 Å². The molecule has 2 aromatic heterocycles. The third kappa shape index (κ3) is 4.71. The summed E-state index contributed by atoms with van der Waals surface area (Å²) in [5, 5.41) is 21.1. The summed E-state index contributed by atoms with van der Waals surface area (Å²) in [6.07, 6.45) is 8.47. The third-order valence-corrected chi connectivity index (χ3v) is 5.28. The standard InChI is InChI=1S/C21H26N6O2/c1-14(13-27-11-3-10-23-27)24-20(29)18-5-2-4-15-12-22-21(26-19(15)18)25-16-6-8-17(28)9-7-16/h2-5,10-12,14,16-17,28H,6-9,13H2,1H3,(H,24,29)(H,22,25,26)/t14?,16-,17-. The van der Waals surface area contributed by atoms with Gasteiger partial charge in [0.1, 0.15) is 0 Å². The number of amides is 1. The van der Waals surface area contributed by atoms with Crippen LogP contribution < -0.4 is 10.6 Å². The molecule has 1 amide bonds. The first-order valence-electron chi connectivity index (χ1n) is 10.1. The zero-order valence-electron chi connectivity index (χ0n) is 16.5. The summed E-state index contributed by atoms with van der Waals surface area (Å²) in [6.45, 7) is 2.54. The minimum atomic E-state index is -0.204. The van der Waals surface area contributed by atoms with E-state index in [1.54, 1.807) is 23.1 Å². The van der Waals surface area contributed by atoms with Crippen molar-refractivity contribution < 1.29 is 9.90 Å². The number of nitrogens with one attached hydrogen (secondary N) is 2. The van der Waals surface area contributed by atoms with Gasteiger partial charge < -0.3 is 15.7 Å². The van der Waals surface area contributed by atoms with Gasteiger partial charge in [-0.2, -0.15) is 5.10 Å². The highest BCUT2D eigenvalue weighted by Gasteiger charge is 2.20. The Bertz CT molecular complexity index is 966. The zero-order chi connectivity index (χ0) is 20.2. The van der Waals surface area contributed by atoms with E-state index < -0.39 is 0 Å². The third-order valence-electron chi connectivity index (χ3n) is 5.28. The normalized spacial score (nSPS) is 20.3. The Kier molecular flexibility index (Phi) is 5.71. The fourth-order valence-corrected chi connectivity index (χ4v) is 3.75. The Labute approximate surface area is 169 Å². The summed E-state index contributed by atoms with van der Waals surface area (Å²) < 4.78 is 1.79. The minimum absolute atomic E-state index is 0.0780. The fourth-order valence-electron chi connectivity index (χ4n) is 3.75. The molecule has 1 fully saturated rings. The number of carbonyl (C=O) groups is 1. The molecule has 1 aliphatic rings. The maximum atomic E-state index is 12.9. The number of carbonyl (C=O) groups excluding carboxylic acids is 1. The summed E-state index contributed by atoms with van der Waals surface area (Å²) in [5.74, 6) is 0.351. The van der Waals surface area contributed by atoms with Crippen LogP contribution in [0.25, 0.3) is 10.9 Å². The molecule has 0 spiro atoms. The minimum Gasteiger partial charge on any atom is -0.393 e. The predicted molar refractivity (Wildman–Crippen MR) is 111 cm³/mol. The molecule has 1 unspecified atom stereocenters. The number of para-hydroxylation sites is 1. The van der Waals surface area contributed by atoms with Crippen LogP contribution in [-0.4, -0.2) is 48.9 Å². The van der Waals surface area contributed by atoms with Gasteiger partial charge in [-0.3, -0.25) is 9.48 Å². The highest BCUT2D eigenvalue weighted by Crippen LogP contribution is 2.23. The molecule has 0 radical (unpaired) electrons. The first-order valence-corrected chi connectivity index (χ1v) is 10.1. The molecule has 1 aromatic carbocycles. The molecule has 0 aliphatic heterocycles. The molecule has 152 valence electrons. The van der Waals surface area contributed by atoms with E-state index in [0.717, 1.165) is 31.1 Å². The van der Waals surface area contributed by atoms with Gasteiger partial charge in [-0.05, 0) is 44.7 Å². The van der Waals surface area contributed by atoms with Gasteiger partial charge >= 0.3 is 0 Å². The van der Waals surface area contributed by atoms with Gasteiger partial charge in [0.25, 0.3) is 5.91 Å². The van der Waals surface area contributed by atoms with Crippen LogP contribution in [0.2, 0.25) is 0 Å². The number of hydrogen-bond donors (Lipinski definition) is 3. The monoisotopic (exact) mass is 394 g/mol. The van der Waals surface area contributed by atoms with Crippen molar-refractivity contribution in [2.75, 3.05) is 5.32 Å². The second-order valence-electron chi connectivity index (χ2n) is 7.69. The van der Waals surface area contributed by atoms with Crippen LogP contribution in [0.15, 0.2) is 42.9 Å². The maximum absolute atomic E-state index is 12.9. The largest absolute Gasteiger partial charge is 0.393 e. The number of benzene rings is 1. The Morgan fingerprint density at radius 1 is 1.28 bits per heavy atom. The predicted octanol–water partition coefficient (Wildman–Crippen LogP) is 2.36. The first kappa shape index (κ1) is 19.3. The van der Waals surface area contributed by atoms with Crippen LogP contribution in [0, 0.1) is 0 Å². The van der Waals surface area contributed by atoms with Gasteiger partial charge in [0.15, 0.2) is 0 Å². The number of aliphatic hydroxyl groups excluding tert-OH is 1. The summed E-state index contributed by atoms with van der Waals surface area (Å²) in [6, 6.07) is 7.55. The molecule has 1 saturated carbocycles. The molecule has 3 aromatic rings. The van der Waals surface area contributed by atoms with E-state index in [4.69, 9.17) is 0 Å². The van der Waals surface area contributed by atoms with Crippen molar-refractivity contribution in [3.63, 3.8) is 0 Å². The molecule has 3 N–H and O–H groups in total. The second-order valence-corrected chi connectivity index (χ2v) is 7.69. The molecule has 0 bridgehead atoms. The molecular weight excluding hydrogens is 368 g/mol. The Hall–Kier alpha value is -3.00. The van der Waals surface area contributed by atoms with Crippen LogP contribution in [0.1, 0.15) is 43.0 Å². The zero-order valence-corrected chi connectivity index (χ0v) is 16.5. The van der Waals surface area contributed by atoms with E-state index in [-0.39, 0.29) is 24.1 Å². The highest BCUT2D eigenvalue weighted by molar-refractivity contribution is 6.05. The summed E-state index contributed by atoms with van der Waals surface area (Å²) >= 11 is 0. The number of rotatable bonds is 6. The first-order chi connectivity index (χ1) is 14.1. The molecule has 1 aliphatic carbocycles. The van der Waals surface area contributed by atoms with E-state index in [1.165, 1.54) is 0 Å². The lowest BCUT2D eigenvalue weighted by atomic mass is 9.93. The molecule has 0 saturated heterocycles. The summed E-state index contributed by atoms with van der Waals surface area (Å²) in [7, 11) is 0. The second kappa shape index (κ2) is 8.57. The number of hydrogen-bond acceptors (Lipinski definition) is 6. The molecular formula is C21H26N6O2. The van der Waals surface area contributed by atoms with Crippen molar-refractivity contribution in [1.29, 1.82) is 0 Å². The van der Waals surface area contributed by atoms with E-state index >= 15 is 0 Å². The average Bonchev–Trinajstić information content (AvgIpc) is 3.22. The smallest absolute Gasteiger partial charge is 0.253 e. The summed E-state index contributed by atoms with van der Waals surface area (Å²) in [5.41, 5.74) is 1.16. The van der Waals surface area contributed by atoms with E-state index in [2.05, 4.69) is 25.7 Å². The average molecular weight is 394 g/mol.